The van der Waals surface area contributed by atoms with E-state index in [1.807, 2.05) is 11.8 Å². The minimum Gasteiger partial charge on any atom is -0.316 e. The summed E-state index contributed by atoms with van der Waals surface area (Å²) in [6.07, 6.45) is 5.39. The van der Waals surface area contributed by atoms with Crippen LogP contribution in [0.2, 0.25) is 0 Å². The van der Waals surface area contributed by atoms with Crippen molar-refractivity contribution in [3.63, 3.8) is 0 Å². The topological polar surface area (TPSA) is 12.0 Å². The van der Waals surface area contributed by atoms with Crippen molar-refractivity contribution >= 4 is 11.8 Å². The Morgan fingerprint density at radius 3 is 2.56 bits per heavy atom. The number of hydrogen-bond acceptors (Lipinski definition) is 2. The monoisotopic (exact) mass is 265 g/mol. The fraction of sp³-hybridized carbons (Fsp3) is 0.625. The zero-order valence-corrected chi connectivity index (χ0v) is 12.9. The second kappa shape index (κ2) is 9.46. The SMILES string of the molecule is CCCCCCNCCSc1ccc(C)c(C)c1. The van der Waals surface area contributed by atoms with Gasteiger partial charge in [0.15, 0.2) is 0 Å². The molecule has 0 spiro atoms. The van der Waals surface area contributed by atoms with Crippen LogP contribution in [-0.2, 0) is 0 Å². The van der Waals surface area contributed by atoms with Gasteiger partial charge >= 0.3 is 0 Å². The predicted octanol–water partition coefficient (Wildman–Crippen LogP) is 4.57. The van der Waals surface area contributed by atoms with Crippen molar-refractivity contribution in [2.45, 2.75) is 51.3 Å². The Morgan fingerprint density at radius 2 is 1.83 bits per heavy atom. The van der Waals surface area contributed by atoms with Gasteiger partial charge < -0.3 is 5.32 Å². The Kier molecular flexibility index (Phi) is 8.19. The number of rotatable bonds is 9. The van der Waals surface area contributed by atoms with E-state index in [2.05, 4.69) is 44.3 Å². The number of unbranched alkanes of at least 4 members (excludes halogenated alkanes) is 3. The Bertz CT molecular complexity index is 336. The van der Waals surface area contributed by atoms with E-state index in [1.54, 1.807) is 0 Å². The molecule has 1 N–H and O–H groups in total. The van der Waals surface area contributed by atoms with Crippen LogP contribution in [0, 0.1) is 13.8 Å². The number of aryl methyl sites for hydroxylation is 2. The molecule has 1 aromatic rings. The first-order chi connectivity index (χ1) is 8.74. The second-order valence-corrected chi connectivity index (χ2v) is 6.07. The maximum atomic E-state index is 3.52. The van der Waals surface area contributed by atoms with Crippen molar-refractivity contribution in [3.8, 4) is 0 Å². The Morgan fingerprint density at radius 1 is 1.00 bits per heavy atom. The zero-order valence-electron chi connectivity index (χ0n) is 12.1. The van der Waals surface area contributed by atoms with Crippen molar-refractivity contribution in [3.05, 3.63) is 29.3 Å². The molecule has 0 aliphatic rings. The van der Waals surface area contributed by atoms with Gasteiger partial charge in [0.25, 0.3) is 0 Å². The van der Waals surface area contributed by atoms with E-state index < -0.39 is 0 Å². The molecule has 0 bridgehead atoms. The minimum absolute atomic E-state index is 1.11. The Labute approximate surface area is 117 Å². The molecule has 0 heterocycles. The van der Waals surface area contributed by atoms with E-state index >= 15 is 0 Å². The third-order valence-corrected chi connectivity index (χ3v) is 4.23. The van der Waals surface area contributed by atoms with Gasteiger partial charge in [-0.1, -0.05) is 32.3 Å². The van der Waals surface area contributed by atoms with Gasteiger partial charge in [0.1, 0.15) is 0 Å². The lowest BCUT2D eigenvalue weighted by molar-refractivity contribution is 0.613. The van der Waals surface area contributed by atoms with Crippen LogP contribution in [-0.4, -0.2) is 18.8 Å². The van der Waals surface area contributed by atoms with Crippen molar-refractivity contribution in [1.82, 2.24) is 5.32 Å². The largest absolute Gasteiger partial charge is 0.316 e. The molecule has 1 rings (SSSR count). The summed E-state index contributed by atoms with van der Waals surface area (Å²) in [6.45, 7) is 8.90. The fourth-order valence-electron chi connectivity index (χ4n) is 1.85. The standard InChI is InChI=1S/C16H27NS/c1-4-5-6-7-10-17-11-12-18-16-9-8-14(2)15(3)13-16/h8-9,13,17H,4-7,10-12H2,1-3H3. The molecule has 0 unspecified atom stereocenters. The molecule has 0 saturated heterocycles. The molecule has 1 aromatic carbocycles. The first-order valence-corrected chi connectivity index (χ1v) is 8.13. The van der Waals surface area contributed by atoms with E-state index in [9.17, 15) is 0 Å². The number of benzene rings is 1. The summed E-state index contributed by atoms with van der Waals surface area (Å²) in [5, 5.41) is 3.52. The quantitative estimate of drug-likeness (QED) is 0.518. The van der Waals surface area contributed by atoms with E-state index in [-0.39, 0.29) is 0 Å². The van der Waals surface area contributed by atoms with Gasteiger partial charge in [-0.2, -0.15) is 0 Å². The average Bonchev–Trinajstić information content (AvgIpc) is 2.37. The van der Waals surface area contributed by atoms with Crippen molar-refractivity contribution in [1.29, 1.82) is 0 Å². The first kappa shape index (κ1) is 15.6. The lowest BCUT2D eigenvalue weighted by atomic mass is 10.1. The molecular weight excluding hydrogens is 238 g/mol. The van der Waals surface area contributed by atoms with Crippen molar-refractivity contribution in [2.24, 2.45) is 0 Å². The van der Waals surface area contributed by atoms with Gasteiger partial charge in [-0.05, 0) is 50.1 Å². The third kappa shape index (κ3) is 6.46. The summed E-state index contributed by atoms with van der Waals surface area (Å²) >= 11 is 1.95. The van der Waals surface area contributed by atoms with Gasteiger partial charge in [-0.25, -0.2) is 0 Å². The van der Waals surface area contributed by atoms with Crippen LogP contribution in [0.15, 0.2) is 23.1 Å². The lowest BCUT2D eigenvalue weighted by Crippen LogP contribution is -2.18. The molecule has 0 amide bonds. The van der Waals surface area contributed by atoms with Gasteiger partial charge in [0.2, 0.25) is 0 Å². The van der Waals surface area contributed by atoms with Crippen LogP contribution in [0.3, 0.4) is 0 Å². The van der Waals surface area contributed by atoms with Crippen LogP contribution in [0.1, 0.15) is 43.7 Å². The fourth-order valence-corrected chi connectivity index (χ4v) is 2.75. The molecule has 0 fully saturated rings. The molecule has 1 nitrogen and oxygen atoms in total. The molecule has 0 aromatic heterocycles. The number of nitrogens with one attached hydrogen (secondary N) is 1. The maximum absolute atomic E-state index is 3.52. The molecule has 102 valence electrons. The van der Waals surface area contributed by atoms with Gasteiger partial charge in [-0.3, -0.25) is 0 Å². The Hall–Kier alpha value is -0.470. The van der Waals surface area contributed by atoms with E-state index in [0.717, 1.165) is 12.3 Å². The van der Waals surface area contributed by atoms with E-state index in [1.165, 1.54) is 48.3 Å². The summed E-state index contributed by atoms with van der Waals surface area (Å²) < 4.78 is 0. The highest BCUT2D eigenvalue weighted by Gasteiger charge is 1.97. The van der Waals surface area contributed by atoms with E-state index in [4.69, 9.17) is 0 Å². The van der Waals surface area contributed by atoms with Crippen molar-refractivity contribution in [2.75, 3.05) is 18.8 Å². The molecule has 18 heavy (non-hydrogen) atoms. The summed E-state index contributed by atoms with van der Waals surface area (Å²) in [5.74, 6) is 1.16. The second-order valence-electron chi connectivity index (χ2n) is 4.91. The van der Waals surface area contributed by atoms with E-state index in [0.29, 0.717) is 0 Å². The molecule has 0 aliphatic heterocycles. The first-order valence-electron chi connectivity index (χ1n) is 7.15. The summed E-state index contributed by atoms with van der Waals surface area (Å²) in [7, 11) is 0. The summed E-state index contributed by atoms with van der Waals surface area (Å²) in [4.78, 5) is 1.39. The average molecular weight is 265 g/mol. The molecular formula is C16H27NS. The van der Waals surface area contributed by atoms with Crippen LogP contribution >= 0.6 is 11.8 Å². The van der Waals surface area contributed by atoms with Crippen LogP contribution in [0.25, 0.3) is 0 Å². The van der Waals surface area contributed by atoms with Crippen LogP contribution < -0.4 is 5.32 Å². The molecule has 0 aliphatic carbocycles. The normalized spacial score (nSPS) is 10.8. The highest BCUT2D eigenvalue weighted by atomic mass is 32.2. The smallest absolute Gasteiger partial charge is 0.0106 e. The van der Waals surface area contributed by atoms with Crippen LogP contribution in [0.5, 0.6) is 0 Å². The van der Waals surface area contributed by atoms with Crippen LogP contribution in [0.4, 0.5) is 0 Å². The lowest BCUT2D eigenvalue weighted by Gasteiger charge is -2.06. The minimum atomic E-state index is 1.11. The molecule has 0 saturated carbocycles. The highest BCUT2D eigenvalue weighted by molar-refractivity contribution is 7.99. The van der Waals surface area contributed by atoms with Gasteiger partial charge in [0, 0.05) is 17.2 Å². The Balaban J connectivity index is 2.05. The third-order valence-electron chi connectivity index (χ3n) is 3.23. The predicted molar refractivity (Wildman–Crippen MR) is 83.7 cm³/mol. The maximum Gasteiger partial charge on any atom is 0.0106 e. The molecule has 0 atom stereocenters. The molecule has 2 heteroatoms. The van der Waals surface area contributed by atoms with Gasteiger partial charge in [0.05, 0.1) is 0 Å². The zero-order chi connectivity index (χ0) is 13.2. The number of thioether (sulfide) groups is 1. The van der Waals surface area contributed by atoms with Crippen molar-refractivity contribution < 1.29 is 0 Å². The summed E-state index contributed by atoms with van der Waals surface area (Å²) in [5.41, 5.74) is 2.78. The highest BCUT2D eigenvalue weighted by Crippen LogP contribution is 2.20. The number of hydrogen-bond donors (Lipinski definition) is 1. The summed E-state index contributed by atoms with van der Waals surface area (Å²) in [6, 6.07) is 6.74. The van der Waals surface area contributed by atoms with Gasteiger partial charge in [-0.15, -0.1) is 11.8 Å². The molecule has 0 radical (unpaired) electrons.